The Balaban J connectivity index is 2.16. The average Bonchev–Trinajstić information content (AvgIpc) is 2.48. The molecule has 0 aromatic heterocycles. The first-order valence-electron chi connectivity index (χ1n) is 6.23. The molecule has 0 radical (unpaired) electrons. The van der Waals surface area contributed by atoms with Crippen molar-refractivity contribution in [1.29, 1.82) is 0 Å². The van der Waals surface area contributed by atoms with Crippen molar-refractivity contribution in [3.63, 3.8) is 0 Å². The van der Waals surface area contributed by atoms with Gasteiger partial charge in [-0.05, 0) is 24.5 Å². The zero-order chi connectivity index (χ0) is 15.6. The molecule has 0 fully saturated rings. The van der Waals surface area contributed by atoms with Crippen molar-refractivity contribution in [2.75, 3.05) is 11.9 Å². The molecule has 0 saturated heterocycles. The maximum Gasteiger partial charge on any atom is 0.200 e. The standard InChI is InChI=1S/C15H12F5N/c1-8-4-2-3-5-9(8)6-7-21-15-13(19)11(17)10(16)12(18)14(15)20/h2-5,21H,6-7H2,1H3. The van der Waals surface area contributed by atoms with Crippen LogP contribution in [0.25, 0.3) is 0 Å². The Hall–Kier alpha value is -2.11. The molecule has 0 aliphatic rings. The van der Waals surface area contributed by atoms with Gasteiger partial charge in [0.05, 0.1) is 0 Å². The van der Waals surface area contributed by atoms with Gasteiger partial charge in [-0.15, -0.1) is 0 Å². The fourth-order valence-electron chi connectivity index (χ4n) is 1.97. The van der Waals surface area contributed by atoms with E-state index >= 15 is 0 Å². The molecule has 2 rings (SSSR count). The highest BCUT2D eigenvalue weighted by Crippen LogP contribution is 2.27. The van der Waals surface area contributed by atoms with Crippen molar-refractivity contribution in [3.8, 4) is 0 Å². The summed E-state index contributed by atoms with van der Waals surface area (Å²) in [5, 5.41) is 2.27. The lowest BCUT2D eigenvalue weighted by atomic mass is 10.1. The maximum absolute atomic E-state index is 13.4. The van der Waals surface area contributed by atoms with E-state index in [0.29, 0.717) is 6.42 Å². The largest absolute Gasteiger partial charge is 0.380 e. The predicted octanol–water partition coefficient (Wildman–Crippen LogP) is 4.35. The molecule has 0 bridgehead atoms. The predicted molar refractivity (Wildman–Crippen MR) is 69.6 cm³/mol. The number of aryl methyl sites for hydroxylation is 1. The van der Waals surface area contributed by atoms with E-state index in [2.05, 4.69) is 5.32 Å². The minimum atomic E-state index is -2.16. The number of nitrogens with one attached hydrogen (secondary N) is 1. The number of hydrogen-bond donors (Lipinski definition) is 1. The normalized spacial score (nSPS) is 10.8. The Morgan fingerprint density at radius 2 is 1.33 bits per heavy atom. The zero-order valence-corrected chi connectivity index (χ0v) is 11.1. The van der Waals surface area contributed by atoms with Crippen molar-refractivity contribution >= 4 is 5.69 Å². The van der Waals surface area contributed by atoms with Crippen LogP contribution in [0.5, 0.6) is 0 Å². The van der Waals surface area contributed by atoms with Crippen molar-refractivity contribution < 1.29 is 22.0 Å². The van der Waals surface area contributed by atoms with Crippen molar-refractivity contribution in [2.45, 2.75) is 13.3 Å². The summed E-state index contributed by atoms with van der Waals surface area (Å²) in [4.78, 5) is 0. The van der Waals surface area contributed by atoms with Gasteiger partial charge in [-0.1, -0.05) is 24.3 Å². The molecule has 0 atom stereocenters. The second-order valence-electron chi connectivity index (χ2n) is 4.55. The van der Waals surface area contributed by atoms with Crippen LogP contribution in [0.3, 0.4) is 0 Å². The lowest BCUT2D eigenvalue weighted by molar-refractivity contribution is 0.381. The van der Waals surface area contributed by atoms with Gasteiger partial charge in [0.15, 0.2) is 23.3 Å². The molecule has 2 aromatic rings. The summed E-state index contributed by atoms with van der Waals surface area (Å²) in [6.07, 6.45) is 0.395. The molecular weight excluding hydrogens is 289 g/mol. The number of anilines is 1. The third kappa shape index (κ3) is 2.99. The van der Waals surface area contributed by atoms with Gasteiger partial charge in [0.1, 0.15) is 5.69 Å². The number of halogens is 5. The highest BCUT2D eigenvalue weighted by molar-refractivity contribution is 5.48. The van der Waals surface area contributed by atoms with E-state index in [1.165, 1.54) is 0 Å². The monoisotopic (exact) mass is 301 g/mol. The van der Waals surface area contributed by atoms with E-state index in [4.69, 9.17) is 0 Å². The van der Waals surface area contributed by atoms with E-state index in [1.54, 1.807) is 6.07 Å². The Labute approximate surface area is 118 Å². The van der Waals surface area contributed by atoms with Gasteiger partial charge in [-0.3, -0.25) is 0 Å². The Bertz CT molecular complexity index is 640. The quantitative estimate of drug-likeness (QED) is 0.503. The first kappa shape index (κ1) is 15.3. The van der Waals surface area contributed by atoms with E-state index < -0.39 is 34.8 Å². The highest BCUT2D eigenvalue weighted by Gasteiger charge is 2.25. The summed E-state index contributed by atoms with van der Waals surface area (Å²) in [5.41, 5.74) is 0.908. The van der Waals surface area contributed by atoms with E-state index in [-0.39, 0.29) is 6.54 Å². The Kier molecular flexibility index (Phi) is 4.45. The molecule has 1 N–H and O–H groups in total. The van der Waals surface area contributed by atoms with Gasteiger partial charge >= 0.3 is 0 Å². The molecule has 21 heavy (non-hydrogen) atoms. The van der Waals surface area contributed by atoms with Crippen LogP contribution >= 0.6 is 0 Å². The molecule has 112 valence electrons. The van der Waals surface area contributed by atoms with Crippen LogP contribution in [0.2, 0.25) is 0 Å². The van der Waals surface area contributed by atoms with Gasteiger partial charge in [0.2, 0.25) is 5.82 Å². The average molecular weight is 301 g/mol. The third-order valence-corrected chi connectivity index (χ3v) is 3.17. The van der Waals surface area contributed by atoms with Crippen molar-refractivity contribution in [1.82, 2.24) is 0 Å². The highest BCUT2D eigenvalue weighted by atomic mass is 19.2. The molecule has 0 heterocycles. The summed E-state index contributed by atoms with van der Waals surface area (Å²) in [7, 11) is 0. The second kappa shape index (κ2) is 6.11. The molecule has 0 unspecified atom stereocenters. The van der Waals surface area contributed by atoms with Crippen LogP contribution < -0.4 is 5.32 Å². The summed E-state index contributed by atoms with van der Waals surface area (Å²) in [6.45, 7) is 1.91. The first-order valence-corrected chi connectivity index (χ1v) is 6.23. The zero-order valence-electron chi connectivity index (χ0n) is 11.1. The molecule has 1 nitrogen and oxygen atoms in total. The Morgan fingerprint density at radius 1 is 0.810 bits per heavy atom. The van der Waals surface area contributed by atoms with Crippen LogP contribution in [0, 0.1) is 36.0 Å². The van der Waals surface area contributed by atoms with Gasteiger partial charge in [0, 0.05) is 6.54 Å². The lowest BCUT2D eigenvalue weighted by Crippen LogP contribution is -2.12. The molecule has 0 aliphatic heterocycles. The smallest absolute Gasteiger partial charge is 0.200 e. The summed E-state index contributed by atoms with van der Waals surface area (Å²) < 4.78 is 65.8. The third-order valence-electron chi connectivity index (χ3n) is 3.17. The van der Waals surface area contributed by atoms with E-state index in [9.17, 15) is 22.0 Å². The van der Waals surface area contributed by atoms with Crippen LogP contribution in [-0.2, 0) is 6.42 Å². The Morgan fingerprint density at radius 3 is 1.90 bits per heavy atom. The summed E-state index contributed by atoms with van der Waals surface area (Å²) in [6, 6.07) is 7.35. The minimum Gasteiger partial charge on any atom is -0.380 e. The van der Waals surface area contributed by atoms with Gasteiger partial charge < -0.3 is 5.32 Å². The van der Waals surface area contributed by atoms with Gasteiger partial charge in [-0.25, -0.2) is 22.0 Å². The van der Waals surface area contributed by atoms with Crippen LogP contribution in [0.4, 0.5) is 27.6 Å². The fraction of sp³-hybridized carbons (Fsp3) is 0.200. The molecular formula is C15H12F5N. The van der Waals surface area contributed by atoms with E-state index in [1.807, 2.05) is 25.1 Å². The topological polar surface area (TPSA) is 12.0 Å². The lowest BCUT2D eigenvalue weighted by Gasteiger charge is -2.11. The molecule has 6 heteroatoms. The molecule has 2 aromatic carbocycles. The number of benzene rings is 2. The van der Waals surface area contributed by atoms with Crippen LogP contribution in [-0.4, -0.2) is 6.54 Å². The SMILES string of the molecule is Cc1ccccc1CCNc1c(F)c(F)c(F)c(F)c1F. The van der Waals surface area contributed by atoms with Gasteiger partial charge in [0.25, 0.3) is 0 Å². The van der Waals surface area contributed by atoms with Crippen LogP contribution in [0.15, 0.2) is 24.3 Å². The molecule has 0 amide bonds. The fourth-order valence-corrected chi connectivity index (χ4v) is 1.97. The van der Waals surface area contributed by atoms with E-state index in [0.717, 1.165) is 11.1 Å². The number of hydrogen-bond acceptors (Lipinski definition) is 1. The summed E-state index contributed by atoms with van der Waals surface area (Å²) >= 11 is 0. The molecule has 0 spiro atoms. The second-order valence-corrected chi connectivity index (χ2v) is 4.55. The van der Waals surface area contributed by atoms with Gasteiger partial charge in [-0.2, -0.15) is 0 Å². The van der Waals surface area contributed by atoms with Crippen molar-refractivity contribution in [2.24, 2.45) is 0 Å². The first-order chi connectivity index (χ1) is 9.93. The van der Waals surface area contributed by atoms with Crippen molar-refractivity contribution in [3.05, 3.63) is 64.5 Å². The minimum absolute atomic E-state index is 0.0448. The maximum atomic E-state index is 13.4. The number of rotatable bonds is 4. The molecule has 0 saturated carbocycles. The van der Waals surface area contributed by atoms with Crippen LogP contribution in [0.1, 0.15) is 11.1 Å². The molecule has 0 aliphatic carbocycles. The summed E-state index contributed by atoms with van der Waals surface area (Å²) in [5.74, 6) is -9.76.